The second-order valence-electron chi connectivity index (χ2n) is 2.35. The van der Waals surface area contributed by atoms with E-state index in [9.17, 15) is 4.79 Å². The highest BCUT2D eigenvalue weighted by atomic mass is 32.2. The van der Waals surface area contributed by atoms with Gasteiger partial charge in [-0.2, -0.15) is 10.1 Å². The van der Waals surface area contributed by atoms with E-state index in [0.717, 1.165) is 0 Å². The van der Waals surface area contributed by atoms with Gasteiger partial charge in [0.25, 0.3) is 0 Å². The Balaban J connectivity index is 2.12. The van der Waals surface area contributed by atoms with Crippen LogP contribution in [-0.4, -0.2) is 41.4 Å². The van der Waals surface area contributed by atoms with Crippen LogP contribution in [-0.2, 0) is 4.74 Å². The normalized spacial score (nSPS) is 30.9. The van der Waals surface area contributed by atoms with E-state index in [-0.39, 0.29) is 11.4 Å². The number of fused-ring (bicyclic) bond motifs is 1. The Morgan fingerprint density at radius 3 is 3.33 bits per heavy atom. The molecule has 5 nitrogen and oxygen atoms in total. The van der Waals surface area contributed by atoms with E-state index in [1.165, 1.54) is 23.9 Å². The maximum atomic E-state index is 11.1. The summed E-state index contributed by atoms with van der Waals surface area (Å²) >= 11 is 1.47. The monoisotopic (exact) mass is 185 g/mol. The highest BCUT2D eigenvalue weighted by molar-refractivity contribution is 8.12. The molecular formula is C6H7N3O2S. The number of hydrazone groups is 1. The SMILES string of the molecule is COC(=O)N1N=CC2N=CSC21. The van der Waals surface area contributed by atoms with E-state index >= 15 is 0 Å². The molecule has 0 aromatic carbocycles. The Kier molecular flexibility index (Phi) is 1.76. The van der Waals surface area contributed by atoms with Crippen molar-refractivity contribution in [2.75, 3.05) is 7.11 Å². The first-order valence-electron chi connectivity index (χ1n) is 3.41. The molecule has 0 aromatic rings. The minimum atomic E-state index is -0.434. The van der Waals surface area contributed by atoms with E-state index in [1.807, 2.05) is 0 Å². The Hall–Kier alpha value is -1.04. The zero-order valence-electron chi connectivity index (χ0n) is 6.38. The maximum Gasteiger partial charge on any atom is 0.431 e. The van der Waals surface area contributed by atoms with Crippen LogP contribution in [0.3, 0.4) is 0 Å². The number of hydrogen-bond acceptors (Lipinski definition) is 5. The molecule has 1 amide bonds. The fourth-order valence-corrected chi connectivity index (χ4v) is 1.98. The molecule has 6 heteroatoms. The maximum absolute atomic E-state index is 11.1. The third kappa shape index (κ3) is 0.989. The molecule has 0 bridgehead atoms. The first-order valence-corrected chi connectivity index (χ1v) is 4.35. The van der Waals surface area contributed by atoms with Crippen LogP contribution in [0.5, 0.6) is 0 Å². The Bertz CT molecular complexity index is 266. The summed E-state index contributed by atoms with van der Waals surface area (Å²) in [7, 11) is 1.34. The molecule has 0 fully saturated rings. The topological polar surface area (TPSA) is 54.3 Å². The molecule has 2 aliphatic rings. The van der Waals surface area contributed by atoms with Gasteiger partial charge in [0.05, 0.1) is 18.9 Å². The van der Waals surface area contributed by atoms with Gasteiger partial charge in [-0.05, 0) is 0 Å². The number of amides is 1. The Morgan fingerprint density at radius 2 is 2.58 bits per heavy atom. The standard InChI is InChI=1S/C6H7N3O2S/c1-11-6(10)9-5-4(2-8-9)7-3-12-5/h2-5H,1H3. The molecule has 2 atom stereocenters. The number of nitrogens with zero attached hydrogens (tertiary/aromatic N) is 3. The van der Waals surface area contributed by atoms with Crippen molar-refractivity contribution in [2.45, 2.75) is 11.4 Å². The summed E-state index contributed by atoms with van der Waals surface area (Å²) in [6, 6.07) is 0.00843. The van der Waals surface area contributed by atoms with E-state index in [2.05, 4.69) is 14.8 Å². The fraction of sp³-hybridized carbons (Fsp3) is 0.500. The third-order valence-electron chi connectivity index (χ3n) is 1.67. The molecule has 0 spiro atoms. The van der Waals surface area contributed by atoms with Gasteiger partial charge in [-0.25, -0.2) is 4.79 Å². The molecule has 64 valence electrons. The summed E-state index contributed by atoms with van der Waals surface area (Å²) in [5.41, 5.74) is 1.73. The van der Waals surface area contributed by atoms with Gasteiger partial charge in [-0.3, -0.25) is 4.99 Å². The van der Waals surface area contributed by atoms with Crippen LogP contribution in [0.25, 0.3) is 0 Å². The minimum Gasteiger partial charge on any atom is -0.451 e. The summed E-state index contributed by atoms with van der Waals surface area (Å²) in [6.07, 6.45) is 1.22. The molecular weight excluding hydrogens is 178 g/mol. The number of hydrogen-bond donors (Lipinski definition) is 0. The van der Waals surface area contributed by atoms with Gasteiger partial charge in [-0.15, -0.1) is 0 Å². The molecule has 2 heterocycles. The smallest absolute Gasteiger partial charge is 0.431 e. The van der Waals surface area contributed by atoms with Crippen LogP contribution < -0.4 is 0 Å². The van der Waals surface area contributed by atoms with Crippen LogP contribution in [0, 0.1) is 0 Å². The summed E-state index contributed by atoms with van der Waals surface area (Å²) in [5.74, 6) is 0. The lowest BCUT2D eigenvalue weighted by molar-refractivity contribution is 0.125. The number of methoxy groups -OCH3 is 1. The highest BCUT2D eigenvalue weighted by Crippen LogP contribution is 2.29. The van der Waals surface area contributed by atoms with Crippen LogP contribution in [0.15, 0.2) is 10.1 Å². The van der Waals surface area contributed by atoms with Gasteiger partial charge in [-0.1, -0.05) is 11.8 Å². The van der Waals surface area contributed by atoms with E-state index in [1.54, 1.807) is 11.8 Å². The van der Waals surface area contributed by atoms with Crippen LogP contribution in [0.4, 0.5) is 4.79 Å². The van der Waals surface area contributed by atoms with E-state index < -0.39 is 6.09 Å². The zero-order chi connectivity index (χ0) is 8.55. The first-order chi connectivity index (χ1) is 5.83. The van der Waals surface area contributed by atoms with Gasteiger partial charge in [0.15, 0.2) is 0 Å². The lowest BCUT2D eigenvalue weighted by atomic mass is 10.3. The molecule has 2 aliphatic heterocycles. The second kappa shape index (κ2) is 2.78. The van der Waals surface area contributed by atoms with Crippen LogP contribution >= 0.6 is 11.8 Å². The lowest BCUT2D eigenvalue weighted by Crippen LogP contribution is -2.34. The summed E-state index contributed by atoms with van der Waals surface area (Å²) in [4.78, 5) is 15.2. The van der Waals surface area contributed by atoms with Gasteiger partial charge in [0, 0.05) is 0 Å². The largest absolute Gasteiger partial charge is 0.451 e. The quantitative estimate of drug-likeness (QED) is 0.553. The van der Waals surface area contributed by atoms with Crippen molar-refractivity contribution in [3.05, 3.63) is 0 Å². The molecule has 0 saturated carbocycles. The van der Waals surface area contributed by atoms with Gasteiger partial charge in [0.1, 0.15) is 11.4 Å². The lowest BCUT2D eigenvalue weighted by Gasteiger charge is -2.17. The molecule has 0 aromatic heterocycles. The number of aliphatic imine (C=N–C) groups is 1. The van der Waals surface area contributed by atoms with Crippen molar-refractivity contribution in [1.82, 2.24) is 5.01 Å². The van der Waals surface area contributed by atoms with E-state index in [4.69, 9.17) is 0 Å². The van der Waals surface area contributed by atoms with Crippen molar-refractivity contribution in [3.8, 4) is 0 Å². The van der Waals surface area contributed by atoms with Crippen molar-refractivity contribution >= 4 is 29.6 Å². The van der Waals surface area contributed by atoms with Gasteiger partial charge >= 0.3 is 6.09 Å². The fourth-order valence-electron chi connectivity index (χ4n) is 1.09. The molecule has 2 rings (SSSR count). The minimum absolute atomic E-state index is 0.00843. The summed E-state index contributed by atoms with van der Waals surface area (Å²) in [5, 5.41) is 5.17. The number of ether oxygens (including phenoxy) is 1. The summed E-state index contributed by atoms with van der Waals surface area (Å²) in [6.45, 7) is 0. The third-order valence-corrected chi connectivity index (χ3v) is 2.67. The molecule has 0 radical (unpaired) electrons. The molecule has 2 unspecified atom stereocenters. The van der Waals surface area contributed by atoms with Crippen molar-refractivity contribution in [2.24, 2.45) is 10.1 Å². The average Bonchev–Trinajstić information content (AvgIpc) is 2.62. The highest BCUT2D eigenvalue weighted by Gasteiger charge is 2.38. The first kappa shape index (κ1) is 7.60. The average molecular weight is 185 g/mol. The molecule has 0 N–H and O–H groups in total. The number of carbonyl (C=O) groups is 1. The number of carbonyl (C=O) groups excluding carboxylic acids is 1. The number of thioether (sulfide) groups is 1. The van der Waals surface area contributed by atoms with Gasteiger partial charge in [0.2, 0.25) is 0 Å². The van der Waals surface area contributed by atoms with Crippen molar-refractivity contribution in [3.63, 3.8) is 0 Å². The zero-order valence-corrected chi connectivity index (χ0v) is 7.19. The number of rotatable bonds is 0. The van der Waals surface area contributed by atoms with Crippen molar-refractivity contribution in [1.29, 1.82) is 0 Å². The predicted octanol–water partition coefficient (Wildman–Crippen LogP) is 0.524. The second-order valence-corrected chi connectivity index (χ2v) is 3.32. The van der Waals surface area contributed by atoms with Gasteiger partial charge < -0.3 is 4.74 Å². The van der Waals surface area contributed by atoms with Crippen LogP contribution in [0.2, 0.25) is 0 Å². The molecule has 0 aliphatic carbocycles. The predicted molar refractivity (Wildman–Crippen MR) is 46.4 cm³/mol. The molecule has 12 heavy (non-hydrogen) atoms. The summed E-state index contributed by atoms with van der Waals surface area (Å²) < 4.78 is 4.55. The Labute approximate surface area is 73.5 Å². The van der Waals surface area contributed by atoms with Crippen LogP contribution in [0.1, 0.15) is 0 Å². The van der Waals surface area contributed by atoms with Crippen molar-refractivity contribution < 1.29 is 9.53 Å². The Morgan fingerprint density at radius 1 is 1.75 bits per heavy atom. The molecule has 0 saturated heterocycles. The van der Waals surface area contributed by atoms with E-state index in [0.29, 0.717) is 0 Å².